The highest BCUT2D eigenvalue weighted by Gasteiger charge is 2.06. The van der Waals surface area contributed by atoms with Gasteiger partial charge in [0.15, 0.2) is 0 Å². The summed E-state index contributed by atoms with van der Waals surface area (Å²) in [5.74, 6) is 0.0123. The van der Waals surface area contributed by atoms with Crippen LogP contribution < -0.4 is 15.8 Å². The minimum absolute atomic E-state index is 0.0123. The number of rotatable bonds is 9. The number of hydrogen-bond donors (Lipinski definition) is 3. The molecule has 7 heteroatoms. The van der Waals surface area contributed by atoms with E-state index in [0.717, 1.165) is 17.5 Å². The van der Waals surface area contributed by atoms with E-state index in [1.54, 1.807) is 12.1 Å². The molecular formula is C19H25N3O3S. The lowest BCUT2D eigenvalue weighted by Gasteiger charge is -2.09. The van der Waals surface area contributed by atoms with Crippen molar-refractivity contribution in [3.63, 3.8) is 0 Å². The molecule has 140 valence electrons. The number of benzene rings is 2. The van der Waals surface area contributed by atoms with Gasteiger partial charge in [0.1, 0.15) is 0 Å². The highest BCUT2D eigenvalue weighted by Crippen LogP contribution is 2.09. The van der Waals surface area contributed by atoms with E-state index in [2.05, 4.69) is 10.6 Å². The maximum absolute atomic E-state index is 11.9. The fraction of sp³-hybridized carbons (Fsp3) is 0.316. The molecule has 0 saturated heterocycles. The number of carbonyl (C=O) groups is 1. The third kappa shape index (κ3) is 6.59. The molecular weight excluding hydrogens is 350 g/mol. The third-order valence-corrected chi connectivity index (χ3v) is 5.04. The number of hydrogen-bond acceptors (Lipinski definition) is 4. The molecule has 2 aromatic rings. The summed E-state index contributed by atoms with van der Waals surface area (Å²) in [6, 6.07) is 14.5. The van der Waals surface area contributed by atoms with Crippen molar-refractivity contribution in [2.24, 2.45) is 5.14 Å². The Morgan fingerprint density at radius 2 is 1.73 bits per heavy atom. The second-order valence-electron chi connectivity index (χ2n) is 6.14. The molecule has 0 aliphatic carbocycles. The Balaban J connectivity index is 1.63. The summed E-state index contributed by atoms with van der Waals surface area (Å²) in [4.78, 5) is 12.0. The number of nitrogens with two attached hydrogens (primary N) is 1. The summed E-state index contributed by atoms with van der Waals surface area (Å²) < 4.78 is 22.4. The molecule has 6 nitrogen and oxygen atoms in total. The SMILES string of the molecule is Cc1ccccc1CNC(=O)CCNCCc1ccc(S(N)(=O)=O)cc1. The van der Waals surface area contributed by atoms with Crippen LogP contribution in [0, 0.1) is 6.92 Å². The molecule has 0 atom stereocenters. The van der Waals surface area contributed by atoms with E-state index in [-0.39, 0.29) is 10.8 Å². The van der Waals surface area contributed by atoms with Crippen molar-refractivity contribution in [2.45, 2.75) is 31.2 Å². The zero-order valence-corrected chi connectivity index (χ0v) is 15.7. The number of carbonyl (C=O) groups excluding carboxylic acids is 1. The summed E-state index contributed by atoms with van der Waals surface area (Å²) >= 11 is 0. The van der Waals surface area contributed by atoms with Crippen LogP contribution in [-0.2, 0) is 27.8 Å². The van der Waals surface area contributed by atoms with Gasteiger partial charge in [0, 0.05) is 19.5 Å². The van der Waals surface area contributed by atoms with Crippen molar-refractivity contribution in [3.8, 4) is 0 Å². The molecule has 0 spiro atoms. The largest absolute Gasteiger partial charge is 0.352 e. The summed E-state index contributed by atoms with van der Waals surface area (Å²) in [5.41, 5.74) is 3.30. The molecule has 2 rings (SSSR count). The molecule has 0 aromatic heterocycles. The second-order valence-corrected chi connectivity index (χ2v) is 7.70. The molecule has 0 saturated carbocycles. The average Bonchev–Trinajstić information content (AvgIpc) is 2.60. The van der Waals surface area contributed by atoms with Gasteiger partial charge in [0.05, 0.1) is 4.90 Å². The molecule has 0 fully saturated rings. The first-order chi connectivity index (χ1) is 12.4. The highest BCUT2D eigenvalue weighted by atomic mass is 32.2. The Hall–Kier alpha value is -2.22. The van der Waals surface area contributed by atoms with Crippen LogP contribution >= 0.6 is 0 Å². The topological polar surface area (TPSA) is 101 Å². The Morgan fingerprint density at radius 1 is 1.04 bits per heavy atom. The molecule has 26 heavy (non-hydrogen) atoms. The Labute approximate surface area is 154 Å². The smallest absolute Gasteiger partial charge is 0.238 e. The highest BCUT2D eigenvalue weighted by molar-refractivity contribution is 7.89. The van der Waals surface area contributed by atoms with Crippen LogP contribution in [0.15, 0.2) is 53.4 Å². The van der Waals surface area contributed by atoms with E-state index in [4.69, 9.17) is 5.14 Å². The molecule has 0 heterocycles. The second kappa shape index (κ2) is 9.47. The van der Waals surface area contributed by atoms with Crippen molar-refractivity contribution in [1.29, 1.82) is 0 Å². The van der Waals surface area contributed by atoms with Crippen LogP contribution in [-0.4, -0.2) is 27.4 Å². The van der Waals surface area contributed by atoms with Gasteiger partial charge in [0.2, 0.25) is 15.9 Å². The maximum Gasteiger partial charge on any atom is 0.238 e. The van der Waals surface area contributed by atoms with Gasteiger partial charge < -0.3 is 10.6 Å². The predicted octanol–water partition coefficient (Wildman–Crippen LogP) is 1.48. The van der Waals surface area contributed by atoms with Crippen molar-refractivity contribution < 1.29 is 13.2 Å². The summed E-state index contributed by atoms with van der Waals surface area (Å²) in [6.45, 7) is 3.87. The van der Waals surface area contributed by atoms with E-state index in [1.807, 2.05) is 31.2 Å². The van der Waals surface area contributed by atoms with Gasteiger partial charge in [-0.15, -0.1) is 0 Å². The van der Waals surface area contributed by atoms with Gasteiger partial charge in [-0.05, 0) is 48.7 Å². The Morgan fingerprint density at radius 3 is 2.38 bits per heavy atom. The number of amides is 1. The third-order valence-electron chi connectivity index (χ3n) is 4.11. The van der Waals surface area contributed by atoms with Gasteiger partial charge in [-0.1, -0.05) is 36.4 Å². The maximum atomic E-state index is 11.9. The fourth-order valence-corrected chi connectivity index (χ4v) is 3.01. The quantitative estimate of drug-likeness (QED) is 0.578. The van der Waals surface area contributed by atoms with Crippen molar-refractivity contribution in [3.05, 3.63) is 65.2 Å². The number of nitrogens with one attached hydrogen (secondary N) is 2. The Bertz CT molecular complexity index is 833. The van der Waals surface area contributed by atoms with Crippen LogP contribution in [0.5, 0.6) is 0 Å². The molecule has 0 unspecified atom stereocenters. The fourth-order valence-electron chi connectivity index (χ4n) is 2.50. The molecule has 4 N–H and O–H groups in total. The first kappa shape index (κ1) is 20.1. The van der Waals surface area contributed by atoms with Crippen LogP contribution in [0.25, 0.3) is 0 Å². The normalized spacial score (nSPS) is 11.3. The summed E-state index contributed by atoms with van der Waals surface area (Å²) in [6.07, 6.45) is 1.16. The number of aryl methyl sites for hydroxylation is 1. The van der Waals surface area contributed by atoms with Crippen LogP contribution in [0.3, 0.4) is 0 Å². The number of primary sulfonamides is 1. The van der Waals surface area contributed by atoms with Crippen molar-refractivity contribution in [1.82, 2.24) is 10.6 Å². The molecule has 0 aliphatic rings. The van der Waals surface area contributed by atoms with E-state index in [9.17, 15) is 13.2 Å². The molecule has 0 radical (unpaired) electrons. The summed E-state index contributed by atoms with van der Waals surface area (Å²) in [7, 11) is -3.65. The monoisotopic (exact) mass is 375 g/mol. The van der Waals surface area contributed by atoms with Crippen LogP contribution in [0.1, 0.15) is 23.1 Å². The lowest BCUT2D eigenvalue weighted by atomic mass is 10.1. The standard InChI is InChI=1S/C19H25N3O3S/c1-15-4-2-3-5-17(15)14-22-19(23)11-13-21-12-10-16-6-8-18(9-7-16)26(20,24)25/h2-9,21H,10-14H2,1H3,(H,22,23)(H2,20,24,25). The van der Waals surface area contributed by atoms with Crippen molar-refractivity contribution in [2.75, 3.05) is 13.1 Å². The van der Waals surface area contributed by atoms with Gasteiger partial charge >= 0.3 is 0 Å². The van der Waals surface area contributed by atoms with Gasteiger partial charge in [-0.25, -0.2) is 13.6 Å². The van der Waals surface area contributed by atoms with Gasteiger partial charge in [-0.2, -0.15) is 0 Å². The Kier molecular flexibility index (Phi) is 7.32. The minimum Gasteiger partial charge on any atom is -0.352 e. The molecule has 0 bridgehead atoms. The average molecular weight is 375 g/mol. The van der Waals surface area contributed by atoms with Gasteiger partial charge in [-0.3, -0.25) is 4.79 Å². The summed E-state index contributed by atoms with van der Waals surface area (Å²) in [5, 5.41) is 11.2. The van der Waals surface area contributed by atoms with Crippen LogP contribution in [0.2, 0.25) is 0 Å². The lowest BCUT2D eigenvalue weighted by molar-refractivity contribution is -0.121. The van der Waals surface area contributed by atoms with Crippen molar-refractivity contribution >= 4 is 15.9 Å². The number of sulfonamides is 1. The molecule has 0 aliphatic heterocycles. The minimum atomic E-state index is -3.65. The lowest BCUT2D eigenvalue weighted by Crippen LogP contribution is -2.28. The predicted molar refractivity (Wildman–Crippen MR) is 102 cm³/mol. The van der Waals surface area contributed by atoms with Gasteiger partial charge in [0.25, 0.3) is 0 Å². The van der Waals surface area contributed by atoms with Crippen LogP contribution in [0.4, 0.5) is 0 Å². The zero-order chi connectivity index (χ0) is 19.0. The first-order valence-electron chi connectivity index (χ1n) is 8.50. The van der Waals surface area contributed by atoms with E-state index in [0.29, 0.717) is 26.1 Å². The van der Waals surface area contributed by atoms with E-state index >= 15 is 0 Å². The molecule has 2 aromatic carbocycles. The van der Waals surface area contributed by atoms with E-state index in [1.165, 1.54) is 17.7 Å². The molecule has 1 amide bonds. The van der Waals surface area contributed by atoms with E-state index < -0.39 is 10.0 Å². The zero-order valence-electron chi connectivity index (χ0n) is 14.9. The first-order valence-corrected chi connectivity index (χ1v) is 10.0.